The Morgan fingerprint density at radius 2 is 1.89 bits per heavy atom. The predicted molar refractivity (Wildman–Crippen MR) is 115 cm³/mol. The summed E-state index contributed by atoms with van der Waals surface area (Å²) in [6.45, 7) is 4.90. The number of rotatable bonds is 4. The largest absolute Gasteiger partial charge is 0.454 e. The highest BCUT2D eigenvalue weighted by Crippen LogP contribution is 2.34. The van der Waals surface area contributed by atoms with Crippen LogP contribution in [0.2, 0.25) is 0 Å². The van der Waals surface area contributed by atoms with Crippen molar-refractivity contribution in [3.8, 4) is 11.5 Å². The van der Waals surface area contributed by atoms with Crippen LogP contribution in [0.25, 0.3) is 10.9 Å². The lowest BCUT2D eigenvalue weighted by atomic mass is 10.0. The fourth-order valence-corrected chi connectivity index (χ4v) is 3.39. The van der Waals surface area contributed by atoms with Crippen LogP contribution < -0.4 is 25.7 Å². The Morgan fingerprint density at radius 3 is 2.75 bits per heavy atom. The van der Waals surface area contributed by atoms with Crippen LogP contribution in [-0.2, 0) is 6.42 Å². The number of nitrogens with one attached hydrogen (secondary N) is 3. The maximum absolute atomic E-state index is 12.3. The molecule has 0 saturated heterocycles. The third-order valence-corrected chi connectivity index (χ3v) is 5.09. The molecule has 0 aliphatic carbocycles. The summed E-state index contributed by atoms with van der Waals surface area (Å²) in [6, 6.07) is 11.6. The van der Waals surface area contributed by atoms with Gasteiger partial charge in [-0.15, -0.1) is 0 Å². The number of thiocarbonyl (C=S) groups is 1. The number of pyridine rings is 1. The molecule has 6 nitrogen and oxygen atoms in total. The normalized spacial score (nSPS) is 12.2. The van der Waals surface area contributed by atoms with E-state index in [-0.39, 0.29) is 12.4 Å². The molecule has 0 spiro atoms. The van der Waals surface area contributed by atoms with Crippen LogP contribution in [0.1, 0.15) is 16.7 Å². The molecule has 28 heavy (non-hydrogen) atoms. The third kappa shape index (κ3) is 3.80. The minimum absolute atomic E-state index is 0.0628. The van der Waals surface area contributed by atoms with Gasteiger partial charge in [-0.3, -0.25) is 4.79 Å². The second-order valence-corrected chi connectivity index (χ2v) is 7.25. The molecule has 0 amide bonds. The number of ether oxygens (including phenoxy) is 2. The molecule has 0 saturated carbocycles. The summed E-state index contributed by atoms with van der Waals surface area (Å²) in [5.41, 5.74) is 4.72. The minimum Gasteiger partial charge on any atom is -0.454 e. The highest BCUT2D eigenvalue weighted by atomic mass is 32.1. The number of aromatic nitrogens is 1. The van der Waals surface area contributed by atoms with E-state index in [0.717, 1.165) is 33.5 Å². The van der Waals surface area contributed by atoms with E-state index in [9.17, 15) is 4.79 Å². The second-order valence-electron chi connectivity index (χ2n) is 6.85. The summed E-state index contributed by atoms with van der Waals surface area (Å²) in [7, 11) is 0. The summed E-state index contributed by atoms with van der Waals surface area (Å²) in [4.78, 5) is 15.3. The number of aromatic amines is 1. The number of fused-ring (bicyclic) bond motifs is 2. The molecule has 0 fully saturated rings. The molecule has 2 heterocycles. The monoisotopic (exact) mass is 395 g/mol. The van der Waals surface area contributed by atoms with Crippen molar-refractivity contribution in [2.75, 3.05) is 18.7 Å². The van der Waals surface area contributed by atoms with Crippen molar-refractivity contribution in [1.29, 1.82) is 0 Å². The lowest BCUT2D eigenvalue weighted by molar-refractivity contribution is 0.174. The van der Waals surface area contributed by atoms with E-state index in [2.05, 4.69) is 28.6 Å². The lowest BCUT2D eigenvalue weighted by Gasteiger charge is -2.11. The van der Waals surface area contributed by atoms with Gasteiger partial charge in [0.15, 0.2) is 16.6 Å². The van der Waals surface area contributed by atoms with Gasteiger partial charge >= 0.3 is 0 Å². The molecular formula is C21H21N3O3S. The Morgan fingerprint density at radius 1 is 1.11 bits per heavy atom. The standard InChI is InChI=1S/C21H21N3O3S/c1-12-7-15-9-14(20(25)24-17(15)8-13(12)2)5-6-22-21(28)23-16-3-4-18-19(10-16)27-11-26-18/h3-4,7-10H,5-6,11H2,1-2H3,(H,24,25)(H2,22,23,28). The van der Waals surface area contributed by atoms with Crippen molar-refractivity contribution in [3.63, 3.8) is 0 Å². The minimum atomic E-state index is -0.0628. The molecular weight excluding hydrogens is 374 g/mol. The van der Waals surface area contributed by atoms with Gasteiger partial charge in [-0.2, -0.15) is 0 Å². The SMILES string of the molecule is Cc1cc2cc(CCNC(=S)Nc3ccc4c(c3)OCO4)c(=O)[nH]c2cc1C. The fourth-order valence-electron chi connectivity index (χ4n) is 3.17. The maximum Gasteiger partial charge on any atom is 0.251 e. The average molecular weight is 395 g/mol. The smallest absolute Gasteiger partial charge is 0.251 e. The van der Waals surface area contributed by atoms with Gasteiger partial charge in [-0.1, -0.05) is 0 Å². The van der Waals surface area contributed by atoms with Crippen molar-refractivity contribution in [1.82, 2.24) is 10.3 Å². The first-order chi connectivity index (χ1) is 13.5. The van der Waals surface area contributed by atoms with Crippen LogP contribution in [0.4, 0.5) is 5.69 Å². The molecule has 1 aliphatic rings. The van der Waals surface area contributed by atoms with E-state index in [1.807, 2.05) is 37.3 Å². The Bertz CT molecular complexity index is 1120. The topological polar surface area (TPSA) is 75.4 Å². The van der Waals surface area contributed by atoms with Gasteiger partial charge in [0.25, 0.3) is 5.56 Å². The van der Waals surface area contributed by atoms with Gasteiger partial charge in [0.05, 0.1) is 0 Å². The number of H-pyrrole nitrogens is 1. The van der Waals surface area contributed by atoms with Gasteiger partial charge in [-0.05, 0) is 79.3 Å². The van der Waals surface area contributed by atoms with E-state index >= 15 is 0 Å². The van der Waals surface area contributed by atoms with E-state index in [1.165, 1.54) is 5.56 Å². The van der Waals surface area contributed by atoms with Gasteiger partial charge in [0.1, 0.15) is 0 Å². The summed E-state index contributed by atoms with van der Waals surface area (Å²) in [5, 5.41) is 7.78. The van der Waals surface area contributed by atoms with Crippen molar-refractivity contribution in [2.24, 2.45) is 0 Å². The Balaban J connectivity index is 1.38. The zero-order valence-corrected chi connectivity index (χ0v) is 16.5. The number of hydrogen-bond acceptors (Lipinski definition) is 4. The first-order valence-corrected chi connectivity index (χ1v) is 9.48. The van der Waals surface area contributed by atoms with Crippen molar-refractivity contribution >= 4 is 33.9 Å². The summed E-state index contributed by atoms with van der Waals surface area (Å²) in [5.74, 6) is 1.42. The molecule has 0 unspecified atom stereocenters. The van der Waals surface area contributed by atoms with E-state index in [0.29, 0.717) is 23.8 Å². The quantitative estimate of drug-likeness (QED) is 0.588. The first kappa shape index (κ1) is 18.3. The molecule has 0 radical (unpaired) electrons. The number of aryl methyl sites for hydroxylation is 2. The zero-order valence-electron chi connectivity index (χ0n) is 15.7. The highest BCUT2D eigenvalue weighted by molar-refractivity contribution is 7.80. The third-order valence-electron chi connectivity index (χ3n) is 4.85. The fraction of sp³-hybridized carbons (Fsp3) is 0.238. The number of benzene rings is 2. The van der Waals surface area contributed by atoms with Crippen molar-refractivity contribution in [3.05, 3.63) is 63.4 Å². The highest BCUT2D eigenvalue weighted by Gasteiger charge is 2.13. The van der Waals surface area contributed by atoms with Crippen LogP contribution in [0.5, 0.6) is 11.5 Å². The van der Waals surface area contributed by atoms with Gasteiger partial charge in [0, 0.05) is 29.4 Å². The summed E-state index contributed by atoms with van der Waals surface area (Å²) < 4.78 is 10.7. The second kappa shape index (κ2) is 7.52. The Labute approximate surface area is 167 Å². The van der Waals surface area contributed by atoms with E-state index in [1.54, 1.807) is 0 Å². The Kier molecular flexibility index (Phi) is 4.92. The van der Waals surface area contributed by atoms with Gasteiger partial charge < -0.3 is 25.1 Å². The molecule has 3 aromatic rings. The van der Waals surface area contributed by atoms with Crippen LogP contribution in [0.3, 0.4) is 0 Å². The molecule has 0 atom stereocenters. The molecule has 2 aromatic carbocycles. The Hall–Kier alpha value is -3.06. The molecule has 1 aliphatic heterocycles. The zero-order chi connectivity index (χ0) is 19.7. The molecule has 7 heteroatoms. The average Bonchev–Trinajstić information content (AvgIpc) is 3.11. The molecule has 3 N–H and O–H groups in total. The number of hydrogen-bond donors (Lipinski definition) is 3. The first-order valence-electron chi connectivity index (χ1n) is 9.07. The van der Waals surface area contributed by atoms with Crippen LogP contribution in [-0.4, -0.2) is 23.4 Å². The van der Waals surface area contributed by atoms with Gasteiger partial charge in [0.2, 0.25) is 6.79 Å². The number of anilines is 1. The lowest BCUT2D eigenvalue weighted by Crippen LogP contribution is -2.31. The maximum atomic E-state index is 12.3. The van der Waals surface area contributed by atoms with Crippen molar-refractivity contribution < 1.29 is 9.47 Å². The van der Waals surface area contributed by atoms with E-state index in [4.69, 9.17) is 21.7 Å². The van der Waals surface area contributed by atoms with Crippen LogP contribution in [0.15, 0.2) is 41.2 Å². The molecule has 4 rings (SSSR count). The molecule has 0 bridgehead atoms. The predicted octanol–water partition coefficient (Wildman–Crippen LogP) is 3.40. The molecule has 144 valence electrons. The summed E-state index contributed by atoms with van der Waals surface area (Å²) in [6.07, 6.45) is 0.571. The van der Waals surface area contributed by atoms with E-state index < -0.39 is 0 Å². The van der Waals surface area contributed by atoms with Crippen molar-refractivity contribution in [2.45, 2.75) is 20.3 Å². The molecule has 1 aromatic heterocycles. The van der Waals surface area contributed by atoms with Crippen LogP contribution in [0, 0.1) is 13.8 Å². The van der Waals surface area contributed by atoms with Gasteiger partial charge in [-0.25, -0.2) is 0 Å². The summed E-state index contributed by atoms with van der Waals surface area (Å²) >= 11 is 5.34. The van der Waals surface area contributed by atoms with Crippen LogP contribution >= 0.6 is 12.2 Å².